The van der Waals surface area contributed by atoms with Crippen molar-refractivity contribution < 1.29 is 14.3 Å². The van der Waals surface area contributed by atoms with Gasteiger partial charge in [0.15, 0.2) is 0 Å². The second-order valence-corrected chi connectivity index (χ2v) is 7.07. The zero-order valence-electron chi connectivity index (χ0n) is 14.8. The quantitative estimate of drug-likeness (QED) is 0.901. The predicted molar refractivity (Wildman–Crippen MR) is 93.3 cm³/mol. The molecule has 0 aliphatic carbocycles. The predicted octanol–water partition coefficient (Wildman–Crippen LogP) is 3.11. The highest BCUT2D eigenvalue weighted by molar-refractivity contribution is 5.74. The Morgan fingerprint density at radius 1 is 1.42 bits per heavy atom. The second kappa shape index (κ2) is 7.43. The zero-order chi connectivity index (χ0) is 17.0. The van der Waals surface area contributed by atoms with Crippen LogP contribution in [0.2, 0.25) is 0 Å². The third-order valence-corrected chi connectivity index (χ3v) is 5.13. The minimum atomic E-state index is 0.0319. The first kappa shape index (κ1) is 17.1. The Labute approximate surface area is 144 Å². The smallest absolute Gasteiger partial charge is 0.317 e. The molecule has 1 aromatic rings. The number of hydrogen-bond donors (Lipinski definition) is 1. The Balaban J connectivity index is 1.51. The van der Waals surface area contributed by atoms with E-state index in [0.717, 1.165) is 69.0 Å². The summed E-state index contributed by atoms with van der Waals surface area (Å²) in [5.41, 5.74) is 2.49. The van der Waals surface area contributed by atoms with E-state index >= 15 is 0 Å². The van der Waals surface area contributed by atoms with Crippen molar-refractivity contribution in [2.24, 2.45) is 5.41 Å². The van der Waals surface area contributed by atoms with Gasteiger partial charge in [-0.05, 0) is 49.4 Å². The van der Waals surface area contributed by atoms with Crippen LogP contribution < -0.4 is 10.1 Å². The molecule has 5 heteroatoms. The molecule has 1 N–H and O–H groups in total. The first-order chi connectivity index (χ1) is 11.6. The molecule has 3 rings (SSSR count). The number of nitrogens with zero attached hydrogens (tertiary/aromatic N) is 1. The number of ether oxygens (including phenoxy) is 2. The van der Waals surface area contributed by atoms with Crippen LogP contribution >= 0.6 is 0 Å². The van der Waals surface area contributed by atoms with Crippen LogP contribution in [0, 0.1) is 12.3 Å². The van der Waals surface area contributed by atoms with Crippen LogP contribution in [-0.4, -0.2) is 43.8 Å². The number of nitrogens with one attached hydrogen (secondary N) is 1. The van der Waals surface area contributed by atoms with Gasteiger partial charge in [-0.3, -0.25) is 0 Å². The fraction of sp³-hybridized carbons (Fsp3) is 0.632. The van der Waals surface area contributed by atoms with Gasteiger partial charge < -0.3 is 19.7 Å². The average Bonchev–Trinajstić information content (AvgIpc) is 3.22. The number of benzene rings is 1. The largest absolute Gasteiger partial charge is 0.494 e. The first-order valence-corrected chi connectivity index (χ1v) is 8.95. The van der Waals surface area contributed by atoms with Crippen LogP contribution in [-0.2, 0) is 11.3 Å². The van der Waals surface area contributed by atoms with E-state index in [1.807, 2.05) is 23.1 Å². The van der Waals surface area contributed by atoms with E-state index in [4.69, 9.17) is 9.47 Å². The molecule has 1 unspecified atom stereocenters. The van der Waals surface area contributed by atoms with Crippen molar-refractivity contribution in [3.63, 3.8) is 0 Å². The highest BCUT2D eigenvalue weighted by atomic mass is 16.5. The van der Waals surface area contributed by atoms with Crippen molar-refractivity contribution in [1.29, 1.82) is 0 Å². The Morgan fingerprint density at radius 2 is 2.29 bits per heavy atom. The van der Waals surface area contributed by atoms with E-state index in [-0.39, 0.29) is 11.4 Å². The maximum absolute atomic E-state index is 12.4. The molecule has 0 radical (unpaired) electrons. The molecule has 2 amide bonds. The number of aryl methyl sites for hydroxylation is 1. The maximum atomic E-state index is 12.4. The summed E-state index contributed by atoms with van der Waals surface area (Å²) in [7, 11) is 0. The van der Waals surface area contributed by atoms with Crippen molar-refractivity contribution in [3.05, 3.63) is 29.3 Å². The van der Waals surface area contributed by atoms with E-state index in [1.54, 1.807) is 0 Å². The number of carbonyl (C=O) groups is 1. The molecule has 1 atom stereocenters. The number of hydrogen-bond acceptors (Lipinski definition) is 3. The van der Waals surface area contributed by atoms with Gasteiger partial charge in [0.2, 0.25) is 0 Å². The summed E-state index contributed by atoms with van der Waals surface area (Å²) in [6.45, 7) is 8.72. The fourth-order valence-corrected chi connectivity index (χ4v) is 3.54. The molecular formula is C19H28N2O3. The lowest BCUT2D eigenvalue weighted by molar-refractivity contribution is 0.152. The van der Waals surface area contributed by atoms with Gasteiger partial charge in [-0.25, -0.2) is 4.79 Å². The molecule has 2 saturated heterocycles. The number of amides is 2. The van der Waals surface area contributed by atoms with Gasteiger partial charge in [-0.2, -0.15) is 0 Å². The highest BCUT2D eigenvalue weighted by Crippen LogP contribution is 2.38. The third-order valence-electron chi connectivity index (χ3n) is 5.13. The Bertz CT molecular complexity index is 582. The lowest BCUT2D eigenvalue weighted by Gasteiger charge is -2.22. The molecule has 0 aromatic heterocycles. The van der Waals surface area contributed by atoms with Crippen molar-refractivity contribution in [3.8, 4) is 5.75 Å². The van der Waals surface area contributed by atoms with Crippen LogP contribution in [0.15, 0.2) is 18.2 Å². The summed E-state index contributed by atoms with van der Waals surface area (Å²) >= 11 is 0. The van der Waals surface area contributed by atoms with E-state index in [0.29, 0.717) is 6.54 Å². The van der Waals surface area contributed by atoms with Crippen LogP contribution in [0.1, 0.15) is 37.3 Å². The Kier molecular flexibility index (Phi) is 5.29. The number of urea groups is 1. The average molecular weight is 332 g/mol. The van der Waals surface area contributed by atoms with Gasteiger partial charge in [0.1, 0.15) is 5.75 Å². The van der Waals surface area contributed by atoms with E-state index in [2.05, 4.69) is 19.2 Å². The summed E-state index contributed by atoms with van der Waals surface area (Å²) in [4.78, 5) is 14.4. The maximum Gasteiger partial charge on any atom is 0.317 e. The SMILES string of the molecule is CCCOc1ccc(CNC(=O)N2CCC3(CCOC3)C2)c(C)c1. The van der Waals surface area contributed by atoms with E-state index in [9.17, 15) is 4.79 Å². The van der Waals surface area contributed by atoms with Gasteiger partial charge in [-0.1, -0.05) is 13.0 Å². The molecule has 2 fully saturated rings. The molecule has 2 aliphatic heterocycles. The monoisotopic (exact) mass is 332 g/mol. The van der Waals surface area contributed by atoms with Crippen LogP contribution in [0.5, 0.6) is 5.75 Å². The van der Waals surface area contributed by atoms with Crippen LogP contribution in [0.25, 0.3) is 0 Å². The van der Waals surface area contributed by atoms with Crippen molar-refractivity contribution >= 4 is 6.03 Å². The highest BCUT2D eigenvalue weighted by Gasteiger charge is 2.42. The number of likely N-dealkylation sites (tertiary alicyclic amines) is 1. The molecule has 24 heavy (non-hydrogen) atoms. The van der Waals surface area contributed by atoms with Crippen molar-refractivity contribution in [1.82, 2.24) is 10.2 Å². The summed E-state index contributed by atoms with van der Waals surface area (Å²) in [5.74, 6) is 0.896. The third kappa shape index (κ3) is 3.83. The van der Waals surface area contributed by atoms with E-state index < -0.39 is 0 Å². The van der Waals surface area contributed by atoms with Crippen molar-refractivity contribution in [2.45, 2.75) is 39.7 Å². The summed E-state index contributed by atoms with van der Waals surface area (Å²) in [5, 5.41) is 3.06. The van der Waals surface area contributed by atoms with Gasteiger partial charge in [0.05, 0.1) is 13.2 Å². The lowest BCUT2D eigenvalue weighted by Crippen LogP contribution is -2.39. The minimum Gasteiger partial charge on any atom is -0.494 e. The summed E-state index contributed by atoms with van der Waals surface area (Å²) in [6, 6.07) is 6.09. The molecule has 1 aromatic carbocycles. The molecule has 1 spiro atoms. The lowest BCUT2D eigenvalue weighted by atomic mass is 9.87. The second-order valence-electron chi connectivity index (χ2n) is 7.07. The Morgan fingerprint density at radius 3 is 3.00 bits per heavy atom. The van der Waals surface area contributed by atoms with Gasteiger partial charge in [0, 0.05) is 31.7 Å². The minimum absolute atomic E-state index is 0.0319. The summed E-state index contributed by atoms with van der Waals surface area (Å²) in [6.07, 6.45) is 3.14. The number of carbonyl (C=O) groups excluding carboxylic acids is 1. The fourth-order valence-electron chi connectivity index (χ4n) is 3.54. The molecule has 2 heterocycles. The summed E-state index contributed by atoms with van der Waals surface area (Å²) < 4.78 is 11.2. The van der Waals surface area contributed by atoms with Gasteiger partial charge >= 0.3 is 6.03 Å². The zero-order valence-corrected chi connectivity index (χ0v) is 14.8. The molecule has 132 valence electrons. The van der Waals surface area contributed by atoms with Crippen LogP contribution in [0.3, 0.4) is 0 Å². The van der Waals surface area contributed by atoms with E-state index in [1.165, 1.54) is 0 Å². The molecule has 0 bridgehead atoms. The molecule has 5 nitrogen and oxygen atoms in total. The molecular weight excluding hydrogens is 304 g/mol. The Hall–Kier alpha value is -1.75. The van der Waals surface area contributed by atoms with Gasteiger partial charge in [0.25, 0.3) is 0 Å². The standard InChI is InChI=1S/C19H28N2O3/c1-3-9-24-17-5-4-16(15(2)11-17)12-20-18(22)21-8-6-19(13-21)7-10-23-14-19/h4-5,11H,3,6-10,12-14H2,1-2H3,(H,20,22). The molecule has 2 aliphatic rings. The molecule has 0 saturated carbocycles. The number of rotatable bonds is 5. The normalized spacial score (nSPS) is 23.0. The topological polar surface area (TPSA) is 50.8 Å². The van der Waals surface area contributed by atoms with Gasteiger partial charge in [-0.15, -0.1) is 0 Å². The van der Waals surface area contributed by atoms with Crippen LogP contribution in [0.4, 0.5) is 4.79 Å². The first-order valence-electron chi connectivity index (χ1n) is 8.95. The van der Waals surface area contributed by atoms with Crippen molar-refractivity contribution in [2.75, 3.05) is 32.9 Å².